The average Bonchev–Trinajstić information content (AvgIpc) is 3.21. The Kier molecular flexibility index (Phi) is 5.74. The van der Waals surface area contributed by atoms with Crippen molar-refractivity contribution < 1.29 is 9.53 Å². The Bertz CT molecular complexity index is 1140. The summed E-state index contributed by atoms with van der Waals surface area (Å²) in [6, 6.07) is 21.1. The maximum atomic E-state index is 12.8. The van der Waals surface area contributed by atoms with Crippen molar-refractivity contribution in [1.29, 1.82) is 0 Å². The Hall–Kier alpha value is -2.96. The van der Waals surface area contributed by atoms with E-state index in [1.165, 1.54) is 11.3 Å². The van der Waals surface area contributed by atoms with Gasteiger partial charge in [-0.2, -0.15) is 0 Å². The Morgan fingerprint density at radius 3 is 2.62 bits per heavy atom. The number of nitrogens with one attached hydrogen (secondary N) is 1. The maximum absolute atomic E-state index is 12.8. The monoisotopic (exact) mass is 423 g/mol. The molecule has 1 unspecified atom stereocenters. The van der Waals surface area contributed by atoms with Gasteiger partial charge in [0.2, 0.25) is 5.13 Å². The Labute approximate surface area is 177 Å². The second-order valence-electron chi connectivity index (χ2n) is 6.40. The van der Waals surface area contributed by atoms with Gasteiger partial charge in [0, 0.05) is 16.0 Å². The number of halogens is 1. The van der Waals surface area contributed by atoms with Crippen LogP contribution in [0.2, 0.25) is 5.02 Å². The molecule has 1 aromatic heterocycles. The normalized spacial score (nSPS) is 11.9. The van der Waals surface area contributed by atoms with Gasteiger partial charge in [-0.05, 0) is 30.0 Å². The summed E-state index contributed by atoms with van der Waals surface area (Å²) in [6.07, 6.45) is -0.110. The lowest BCUT2D eigenvalue weighted by Crippen LogP contribution is -2.32. The van der Waals surface area contributed by atoms with E-state index in [9.17, 15) is 4.79 Å². The number of nitrogens with zero attached hydrogens (tertiary/aromatic N) is 2. The van der Waals surface area contributed by atoms with Gasteiger partial charge in [0.15, 0.2) is 6.10 Å². The number of fused-ring (bicyclic) bond motifs is 1. The number of carbonyl (C=O) groups is 1. The number of aromatic nitrogens is 2. The van der Waals surface area contributed by atoms with Gasteiger partial charge in [0.05, 0.1) is 0 Å². The number of anilines is 1. The van der Waals surface area contributed by atoms with Crippen LogP contribution in [0.1, 0.15) is 13.3 Å². The Balaban J connectivity index is 1.49. The molecule has 0 spiro atoms. The minimum absolute atomic E-state index is 0.251. The topological polar surface area (TPSA) is 64.1 Å². The highest BCUT2D eigenvalue weighted by atomic mass is 35.5. The molecule has 0 radical (unpaired) electrons. The van der Waals surface area contributed by atoms with Crippen molar-refractivity contribution >= 4 is 44.7 Å². The molecule has 7 heteroatoms. The van der Waals surface area contributed by atoms with Crippen LogP contribution in [0.5, 0.6) is 5.75 Å². The maximum Gasteiger partial charge on any atom is 0.267 e. The molecule has 0 aliphatic heterocycles. The zero-order valence-corrected chi connectivity index (χ0v) is 17.2. The largest absolute Gasteiger partial charge is 0.480 e. The zero-order chi connectivity index (χ0) is 20.2. The first-order valence-electron chi connectivity index (χ1n) is 9.19. The van der Waals surface area contributed by atoms with E-state index >= 15 is 0 Å². The second-order valence-corrected chi connectivity index (χ2v) is 7.81. The van der Waals surface area contributed by atoms with Crippen LogP contribution in [0.25, 0.3) is 21.3 Å². The van der Waals surface area contributed by atoms with E-state index in [0.717, 1.165) is 16.3 Å². The van der Waals surface area contributed by atoms with Gasteiger partial charge in [-0.3, -0.25) is 10.1 Å². The summed E-state index contributed by atoms with van der Waals surface area (Å²) in [5, 5.41) is 14.9. The molecule has 4 rings (SSSR count). The van der Waals surface area contributed by atoms with Gasteiger partial charge in [0.25, 0.3) is 5.91 Å². The molecule has 0 aliphatic rings. The first-order valence-corrected chi connectivity index (χ1v) is 10.4. The second kappa shape index (κ2) is 8.59. The van der Waals surface area contributed by atoms with Crippen molar-refractivity contribution in [3.63, 3.8) is 0 Å². The standard InChI is InChI=1S/C22H18ClN3O2S/c1-2-18(28-19-9-5-7-14-6-3-4-8-17(14)19)20(27)24-22-26-25-21(29-22)15-10-12-16(23)13-11-15/h3-13,18H,2H2,1H3,(H,24,26,27). The highest BCUT2D eigenvalue weighted by molar-refractivity contribution is 7.18. The van der Waals surface area contributed by atoms with Crippen molar-refractivity contribution in [2.75, 3.05) is 5.32 Å². The summed E-state index contributed by atoms with van der Waals surface area (Å²) in [7, 11) is 0. The summed E-state index contributed by atoms with van der Waals surface area (Å²) >= 11 is 7.23. The van der Waals surface area contributed by atoms with Crippen LogP contribution in [0, 0.1) is 0 Å². The van der Waals surface area contributed by atoms with E-state index in [1.807, 2.05) is 61.5 Å². The molecule has 1 amide bonds. The van der Waals surface area contributed by atoms with Crippen molar-refractivity contribution in [3.05, 3.63) is 71.8 Å². The number of amides is 1. The van der Waals surface area contributed by atoms with Gasteiger partial charge in [-0.15, -0.1) is 10.2 Å². The lowest BCUT2D eigenvalue weighted by molar-refractivity contribution is -0.122. The number of benzene rings is 3. The number of carbonyl (C=O) groups excluding carboxylic acids is 1. The third kappa shape index (κ3) is 4.39. The number of rotatable bonds is 6. The first-order chi connectivity index (χ1) is 14.1. The molecule has 0 bridgehead atoms. The summed E-state index contributed by atoms with van der Waals surface area (Å²) in [5.41, 5.74) is 0.895. The first kappa shape index (κ1) is 19.4. The van der Waals surface area contributed by atoms with Crippen LogP contribution < -0.4 is 10.1 Å². The third-order valence-electron chi connectivity index (χ3n) is 4.43. The summed E-state index contributed by atoms with van der Waals surface area (Å²) < 4.78 is 6.05. The molecule has 4 aromatic rings. The van der Waals surface area contributed by atoms with Gasteiger partial charge in [0.1, 0.15) is 10.8 Å². The molecular formula is C22H18ClN3O2S. The lowest BCUT2D eigenvalue weighted by atomic mass is 10.1. The molecule has 29 heavy (non-hydrogen) atoms. The smallest absolute Gasteiger partial charge is 0.267 e. The van der Waals surface area contributed by atoms with Crippen molar-refractivity contribution in [2.24, 2.45) is 0 Å². The molecule has 1 heterocycles. The highest BCUT2D eigenvalue weighted by Crippen LogP contribution is 2.29. The molecule has 0 saturated heterocycles. The number of ether oxygens (including phenoxy) is 1. The van der Waals surface area contributed by atoms with Crippen LogP contribution in [-0.2, 0) is 4.79 Å². The fourth-order valence-electron chi connectivity index (χ4n) is 2.94. The van der Waals surface area contributed by atoms with Gasteiger partial charge >= 0.3 is 0 Å². The van der Waals surface area contributed by atoms with E-state index in [1.54, 1.807) is 12.1 Å². The number of hydrogen-bond donors (Lipinski definition) is 1. The van der Waals surface area contributed by atoms with Gasteiger partial charge < -0.3 is 4.74 Å². The average molecular weight is 424 g/mol. The van der Waals surface area contributed by atoms with E-state index in [0.29, 0.717) is 27.3 Å². The van der Waals surface area contributed by atoms with Gasteiger partial charge in [-0.1, -0.05) is 78.4 Å². The van der Waals surface area contributed by atoms with Crippen LogP contribution in [0.4, 0.5) is 5.13 Å². The highest BCUT2D eigenvalue weighted by Gasteiger charge is 2.21. The molecule has 146 valence electrons. The molecule has 0 aliphatic carbocycles. The minimum atomic E-state index is -0.635. The van der Waals surface area contributed by atoms with Crippen LogP contribution in [0.15, 0.2) is 66.7 Å². The predicted molar refractivity (Wildman–Crippen MR) is 118 cm³/mol. The molecule has 1 atom stereocenters. The molecule has 1 N–H and O–H groups in total. The van der Waals surface area contributed by atoms with E-state index in [2.05, 4.69) is 15.5 Å². The number of hydrogen-bond acceptors (Lipinski definition) is 5. The zero-order valence-electron chi connectivity index (χ0n) is 15.6. The quantitative estimate of drug-likeness (QED) is 0.425. The van der Waals surface area contributed by atoms with Crippen LogP contribution in [-0.4, -0.2) is 22.2 Å². The minimum Gasteiger partial charge on any atom is -0.480 e. The molecular weight excluding hydrogens is 406 g/mol. The predicted octanol–water partition coefficient (Wildman–Crippen LogP) is 5.81. The van der Waals surface area contributed by atoms with E-state index in [-0.39, 0.29) is 5.91 Å². The van der Waals surface area contributed by atoms with Crippen molar-refractivity contribution in [3.8, 4) is 16.3 Å². The molecule has 0 saturated carbocycles. The SMILES string of the molecule is CCC(Oc1cccc2ccccc12)C(=O)Nc1nnc(-c2ccc(Cl)cc2)s1. The fourth-order valence-corrected chi connectivity index (χ4v) is 3.82. The fraction of sp³-hybridized carbons (Fsp3) is 0.136. The molecule has 0 fully saturated rings. The van der Waals surface area contributed by atoms with Crippen molar-refractivity contribution in [2.45, 2.75) is 19.4 Å². The van der Waals surface area contributed by atoms with E-state index < -0.39 is 6.10 Å². The molecule has 3 aromatic carbocycles. The van der Waals surface area contributed by atoms with Crippen LogP contribution in [0.3, 0.4) is 0 Å². The summed E-state index contributed by atoms with van der Waals surface area (Å²) in [4.78, 5) is 12.8. The summed E-state index contributed by atoms with van der Waals surface area (Å²) in [6.45, 7) is 1.91. The summed E-state index contributed by atoms with van der Waals surface area (Å²) in [5.74, 6) is 0.434. The molecule has 5 nitrogen and oxygen atoms in total. The van der Waals surface area contributed by atoms with Gasteiger partial charge in [-0.25, -0.2) is 0 Å². The Morgan fingerprint density at radius 2 is 1.83 bits per heavy atom. The third-order valence-corrected chi connectivity index (χ3v) is 5.57. The van der Waals surface area contributed by atoms with Crippen molar-refractivity contribution in [1.82, 2.24) is 10.2 Å². The lowest BCUT2D eigenvalue weighted by Gasteiger charge is -2.17. The van der Waals surface area contributed by atoms with E-state index in [4.69, 9.17) is 16.3 Å². The van der Waals surface area contributed by atoms with Crippen LogP contribution >= 0.6 is 22.9 Å². The Morgan fingerprint density at radius 1 is 1.07 bits per heavy atom.